The molecular weight excluding hydrogens is 180 g/mol. The van der Waals surface area contributed by atoms with E-state index in [4.69, 9.17) is 10.5 Å². The van der Waals surface area contributed by atoms with Crippen LogP contribution >= 0.6 is 0 Å². The Hall–Kier alpha value is -1.10. The van der Waals surface area contributed by atoms with Crippen LogP contribution in [-0.4, -0.2) is 22.4 Å². The molecule has 1 aliphatic carbocycles. The SMILES string of the molecule is CC1CC(C(O)C#N)CC1C(O)C#N. The molecule has 1 rings (SSSR count). The second-order valence-electron chi connectivity index (χ2n) is 4.02. The molecule has 0 saturated heterocycles. The van der Waals surface area contributed by atoms with Gasteiger partial charge in [-0.15, -0.1) is 0 Å². The second-order valence-corrected chi connectivity index (χ2v) is 4.02. The van der Waals surface area contributed by atoms with Crippen LogP contribution in [0.15, 0.2) is 0 Å². The molecule has 0 aromatic rings. The molecule has 0 bridgehead atoms. The summed E-state index contributed by atoms with van der Waals surface area (Å²) in [6.07, 6.45) is -0.669. The van der Waals surface area contributed by atoms with Crippen molar-refractivity contribution in [3.05, 3.63) is 0 Å². The van der Waals surface area contributed by atoms with Gasteiger partial charge in [-0.05, 0) is 24.7 Å². The number of hydrogen-bond donors (Lipinski definition) is 2. The predicted octanol–water partition coefficient (Wildman–Crippen LogP) is 0.418. The normalized spacial score (nSPS) is 35.6. The van der Waals surface area contributed by atoms with Gasteiger partial charge >= 0.3 is 0 Å². The number of aliphatic hydroxyl groups excluding tert-OH is 2. The fourth-order valence-electron chi connectivity index (χ4n) is 2.23. The van der Waals surface area contributed by atoms with Gasteiger partial charge in [0.1, 0.15) is 12.2 Å². The first kappa shape index (κ1) is 11.0. The van der Waals surface area contributed by atoms with Crippen molar-refractivity contribution in [3.8, 4) is 12.1 Å². The lowest BCUT2D eigenvalue weighted by Gasteiger charge is -2.15. The van der Waals surface area contributed by atoms with Crippen LogP contribution in [0.25, 0.3) is 0 Å². The topological polar surface area (TPSA) is 88.0 Å². The standard InChI is InChI=1S/C10H14N2O2/c1-6-2-7(9(13)4-11)3-8(6)10(14)5-12/h6-10,13-14H,2-3H2,1H3. The Morgan fingerprint density at radius 1 is 1.14 bits per heavy atom. The third-order valence-corrected chi connectivity index (χ3v) is 3.10. The van der Waals surface area contributed by atoms with Gasteiger partial charge in [0.15, 0.2) is 0 Å². The highest BCUT2D eigenvalue weighted by atomic mass is 16.3. The summed E-state index contributed by atoms with van der Waals surface area (Å²) in [7, 11) is 0. The van der Waals surface area contributed by atoms with E-state index in [9.17, 15) is 10.2 Å². The zero-order valence-corrected chi connectivity index (χ0v) is 8.09. The summed E-state index contributed by atoms with van der Waals surface area (Å²) < 4.78 is 0. The molecule has 0 amide bonds. The van der Waals surface area contributed by atoms with Crippen molar-refractivity contribution in [3.63, 3.8) is 0 Å². The lowest BCUT2D eigenvalue weighted by atomic mass is 9.93. The molecular formula is C10H14N2O2. The predicted molar refractivity (Wildman–Crippen MR) is 48.6 cm³/mol. The van der Waals surface area contributed by atoms with Gasteiger partial charge in [-0.25, -0.2) is 0 Å². The average molecular weight is 194 g/mol. The number of nitriles is 2. The smallest absolute Gasteiger partial charge is 0.143 e. The molecule has 4 heteroatoms. The number of hydrogen-bond acceptors (Lipinski definition) is 4. The second kappa shape index (κ2) is 4.41. The lowest BCUT2D eigenvalue weighted by molar-refractivity contribution is 0.127. The van der Waals surface area contributed by atoms with E-state index in [-0.39, 0.29) is 17.8 Å². The molecule has 1 aliphatic rings. The number of rotatable bonds is 2. The average Bonchev–Trinajstić information content (AvgIpc) is 2.58. The molecule has 0 aromatic heterocycles. The van der Waals surface area contributed by atoms with Crippen molar-refractivity contribution < 1.29 is 10.2 Å². The highest BCUT2D eigenvalue weighted by Gasteiger charge is 2.38. The van der Waals surface area contributed by atoms with Crippen molar-refractivity contribution in [1.82, 2.24) is 0 Å². The molecule has 1 saturated carbocycles. The Labute approximate surface area is 83.4 Å². The summed E-state index contributed by atoms with van der Waals surface area (Å²) in [5.41, 5.74) is 0. The van der Waals surface area contributed by atoms with Crippen LogP contribution in [0.1, 0.15) is 19.8 Å². The van der Waals surface area contributed by atoms with Crippen LogP contribution in [0.2, 0.25) is 0 Å². The minimum Gasteiger partial charge on any atom is -0.378 e. The van der Waals surface area contributed by atoms with Gasteiger partial charge in [-0.2, -0.15) is 10.5 Å². The maximum absolute atomic E-state index is 9.37. The fraction of sp³-hybridized carbons (Fsp3) is 0.800. The van der Waals surface area contributed by atoms with Crippen molar-refractivity contribution in [2.75, 3.05) is 0 Å². The van der Waals surface area contributed by atoms with Gasteiger partial charge in [-0.1, -0.05) is 6.92 Å². The van der Waals surface area contributed by atoms with Gasteiger partial charge < -0.3 is 10.2 Å². The first-order valence-electron chi connectivity index (χ1n) is 4.75. The first-order chi connectivity index (χ1) is 6.60. The zero-order chi connectivity index (χ0) is 10.7. The van der Waals surface area contributed by atoms with E-state index in [1.807, 2.05) is 6.92 Å². The highest BCUT2D eigenvalue weighted by Crippen LogP contribution is 2.39. The Kier molecular flexibility index (Phi) is 3.46. The molecule has 0 aromatic carbocycles. The van der Waals surface area contributed by atoms with Crippen molar-refractivity contribution in [2.45, 2.75) is 32.0 Å². The first-order valence-corrected chi connectivity index (χ1v) is 4.75. The van der Waals surface area contributed by atoms with Gasteiger partial charge in [0.25, 0.3) is 0 Å². The van der Waals surface area contributed by atoms with Crippen LogP contribution in [-0.2, 0) is 0 Å². The maximum Gasteiger partial charge on any atom is 0.143 e. The summed E-state index contributed by atoms with van der Waals surface area (Å²) >= 11 is 0. The minimum atomic E-state index is -0.971. The molecule has 1 fully saturated rings. The van der Waals surface area contributed by atoms with Crippen LogP contribution < -0.4 is 0 Å². The molecule has 0 heterocycles. The van der Waals surface area contributed by atoms with Gasteiger partial charge in [0.05, 0.1) is 12.1 Å². The summed E-state index contributed by atoms with van der Waals surface area (Å²) in [5, 5.41) is 35.8. The van der Waals surface area contributed by atoms with Crippen molar-refractivity contribution in [1.29, 1.82) is 10.5 Å². The molecule has 2 N–H and O–H groups in total. The van der Waals surface area contributed by atoms with Gasteiger partial charge in [0, 0.05) is 5.92 Å². The van der Waals surface area contributed by atoms with Gasteiger partial charge in [0.2, 0.25) is 0 Å². The summed E-state index contributed by atoms with van der Waals surface area (Å²) in [6.45, 7) is 1.94. The van der Waals surface area contributed by atoms with Crippen LogP contribution in [0.3, 0.4) is 0 Å². The van der Waals surface area contributed by atoms with Crippen LogP contribution in [0.4, 0.5) is 0 Å². The highest BCUT2D eigenvalue weighted by molar-refractivity contribution is 5.00. The summed E-state index contributed by atoms with van der Waals surface area (Å²) in [4.78, 5) is 0. The molecule has 14 heavy (non-hydrogen) atoms. The van der Waals surface area contributed by atoms with E-state index in [0.717, 1.165) is 0 Å². The molecule has 0 aliphatic heterocycles. The number of aliphatic hydroxyl groups is 2. The molecule has 5 unspecified atom stereocenters. The third kappa shape index (κ3) is 2.04. The molecule has 4 nitrogen and oxygen atoms in total. The quantitative estimate of drug-likeness (QED) is 0.623. The van der Waals surface area contributed by atoms with Crippen LogP contribution in [0.5, 0.6) is 0 Å². The molecule has 76 valence electrons. The summed E-state index contributed by atoms with van der Waals surface area (Å²) in [5.74, 6) is -0.00588. The lowest BCUT2D eigenvalue weighted by Crippen LogP contribution is -2.21. The molecule has 0 spiro atoms. The van der Waals surface area contributed by atoms with Crippen molar-refractivity contribution in [2.24, 2.45) is 17.8 Å². The maximum atomic E-state index is 9.37. The molecule has 5 atom stereocenters. The Morgan fingerprint density at radius 3 is 2.21 bits per heavy atom. The Morgan fingerprint density at radius 2 is 1.71 bits per heavy atom. The van der Waals surface area contributed by atoms with Crippen molar-refractivity contribution >= 4 is 0 Å². The zero-order valence-electron chi connectivity index (χ0n) is 8.09. The van der Waals surface area contributed by atoms with E-state index in [1.165, 1.54) is 0 Å². The fourth-order valence-corrected chi connectivity index (χ4v) is 2.23. The minimum absolute atomic E-state index is 0.0944. The van der Waals surface area contributed by atoms with Crippen LogP contribution in [0, 0.1) is 40.4 Å². The Bertz CT molecular complexity index is 279. The van der Waals surface area contributed by atoms with Gasteiger partial charge in [-0.3, -0.25) is 0 Å². The van der Waals surface area contributed by atoms with E-state index in [2.05, 4.69) is 0 Å². The summed E-state index contributed by atoms with van der Waals surface area (Å²) in [6, 6.07) is 3.60. The monoisotopic (exact) mass is 194 g/mol. The van der Waals surface area contributed by atoms with E-state index < -0.39 is 12.2 Å². The third-order valence-electron chi connectivity index (χ3n) is 3.10. The van der Waals surface area contributed by atoms with E-state index >= 15 is 0 Å². The van der Waals surface area contributed by atoms with E-state index in [0.29, 0.717) is 12.8 Å². The largest absolute Gasteiger partial charge is 0.378 e. The number of nitrogens with zero attached hydrogens (tertiary/aromatic N) is 2. The Balaban J connectivity index is 2.62. The van der Waals surface area contributed by atoms with E-state index in [1.54, 1.807) is 12.1 Å². The molecule has 0 radical (unpaired) electrons.